The number of hydrogen-bond donors (Lipinski definition) is 2. The molecule has 5 heteroatoms. The van der Waals surface area contributed by atoms with E-state index in [9.17, 15) is 9.90 Å². The average Bonchev–Trinajstić information content (AvgIpc) is 2.41. The van der Waals surface area contributed by atoms with Crippen LogP contribution in [0.15, 0.2) is 24.3 Å². The monoisotopic (exact) mass is 263 g/mol. The van der Waals surface area contributed by atoms with Crippen LogP contribution in [0.1, 0.15) is 5.56 Å². The van der Waals surface area contributed by atoms with Gasteiger partial charge in [-0.3, -0.25) is 4.79 Å². The molecule has 1 atom stereocenters. The van der Waals surface area contributed by atoms with Crippen molar-refractivity contribution in [3.8, 4) is 5.75 Å². The minimum atomic E-state index is -0.507. The van der Waals surface area contributed by atoms with Gasteiger partial charge in [-0.05, 0) is 31.2 Å². The number of carbonyl (C=O) groups excluding carboxylic acids is 1. The van der Waals surface area contributed by atoms with Gasteiger partial charge in [-0.1, -0.05) is 12.1 Å². The number of hydrogen-bond acceptors (Lipinski definition) is 4. The summed E-state index contributed by atoms with van der Waals surface area (Å²) in [5.41, 5.74) is 6.95. The summed E-state index contributed by atoms with van der Waals surface area (Å²) < 4.78 is 0. The Morgan fingerprint density at radius 3 is 2.42 bits per heavy atom. The number of benzene rings is 1. The highest BCUT2D eigenvalue weighted by molar-refractivity contribution is 5.82. The van der Waals surface area contributed by atoms with E-state index < -0.39 is 6.04 Å². The van der Waals surface area contributed by atoms with Crippen LogP contribution in [0.3, 0.4) is 0 Å². The second kappa shape index (κ2) is 6.04. The number of nitrogens with two attached hydrogens (primary N) is 1. The largest absolute Gasteiger partial charge is 0.508 e. The van der Waals surface area contributed by atoms with Gasteiger partial charge in [0.2, 0.25) is 5.91 Å². The third-order valence-corrected chi connectivity index (χ3v) is 3.52. The fourth-order valence-corrected chi connectivity index (χ4v) is 2.23. The maximum atomic E-state index is 12.2. The van der Waals surface area contributed by atoms with Gasteiger partial charge in [0.25, 0.3) is 0 Å². The van der Waals surface area contributed by atoms with Crippen molar-refractivity contribution in [2.45, 2.75) is 12.5 Å². The van der Waals surface area contributed by atoms with E-state index in [1.54, 1.807) is 24.3 Å². The fourth-order valence-electron chi connectivity index (χ4n) is 2.23. The highest BCUT2D eigenvalue weighted by Gasteiger charge is 2.24. The van der Waals surface area contributed by atoms with Crippen molar-refractivity contribution in [1.29, 1.82) is 0 Å². The summed E-state index contributed by atoms with van der Waals surface area (Å²) in [4.78, 5) is 16.3. The predicted molar refractivity (Wildman–Crippen MR) is 73.9 cm³/mol. The number of amides is 1. The molecule has 0 spiro atoms. The lowest BCUT2D eigenvalue weighted by Crippen LogP contribution is -2.52. The zero-order chi connectivity index (χ0) is 13.8. The van der Waals surface area contributed by atoms with Crippen LogP contribution in [-0.2, 0) is 11.2 Å². The van der Waals surface area contributed by atoms with Gasteiger partial charge in [-0.25, -0.2) is 0 Å². The second-order valence-electron chi connectivity index (χ2n) is 5.11. The molecule has 1 amide bonds. The van der Waals surface area contributed by atoms with Crippen LogP contribution < -0.4 is 5.73 Å². The molecule has 1 aliphatic heterocycles. The van der Waals surface area contributed by atoms with E-state index in [0.29, 0.717) is 6.42 Å². The third kappa shape index (κ3) is 3.68. The Hall–Kier alpha value is -1.59. The van der Waals surface area contributed by atoms with Crippen LogP contribution >= 0.6 is 0 Å². The Kier molecular flexibility index (Phi) is 4.39. The van der Waals surface area contributed by atoms with Crippen molar-refractivity contribution in [3.05, 3.63) is 29.8 Å². The van der Waals surface area contributed by atoms with E-state index in [-0.39, 0.29) is 11.7 Å². The van der Waals surface area contributed by atoms with Gasteiger partial charge in [0.05, 0.1) is 6.04 Å². The first-order valence-corrected chi connectivity index (χ1v) is 6.57. The lowest BCUT2D eigenvalue weighted by Gasteiger charge is -2.33. The van der Waals surface area contributed by atoms with Crippen LogP contribution in [0.5, 0.6) is 5.75 Å². The Balaban J connectivity index is 1.90. The molecule has 3 N–H and O–H groups in total. The normalized spacial score (nSPS) is 18.3. The Morgan fingerprint density at radius 2 is 1.84 bits per heavy atom. The summed E-state index contributed by atoms with van der Waals surface area (Å²) in [6.45, 7) is 3.30. The molecule has 1 aromatic rings. The molecule has 104 valence electrons. The van der Waals surface area contributed by atoms with Crippen molar-refractivity contribution >= 4 is 5.91 Å². The van der Waals surface area contributed by atoms with Crippen LogP contribution in [0, 0.1) is 0 Å². The van der Waals surface area contributed by atoms with E-state index in [2.05, 4.69) is 11.9 Å². The summed E-state index contributed by atoms with van der Waals surface area (Å²) >= 11 is 0. The number of nitrogens with zero attached hydrogens (tertiary/aromatic N) is 2. The summed E-state index contributed by atoms with van der Waals surface area (Å²) in [5.74, 6) is 0.240. The van der Waals surface area contributed by atoms with Crippen molar-refractivity contribution in [3.63, 3.8) is 0 Å². The molecule has 0 radical (unpaired) electrons. The Bertz CT molecular complexity index is 425. The number of likely N-dealkylation sites (N-methyl/N-ethyl adjacent to an activating group) is 1. The van der Waals surface area contributed by atoms with E-state index in [1.807, 2.05) is 4.90 Å². The number of carbonyl (C=O) groups is 1. The molecule has 0 unspecified atom stereocenters. The molecule has 1 aliphatic rings. The average molecular weight is 263 g/mol. The number of phenols is 1. The SMILES string of the molecule is CN1CCN(C(=O)[C@H](N)Cc2ccc(O)cc2)CC1. The molecule has 2 rings (SSSR count). The summed E-state index contributed by atoms with van der Waals surface area (Å²) in [5, 5.41) is 9.22. The molecule has 0 bridgehead atoms. The lowest BCUT2D eigenvalue weighted by atomic mass is 10.1. The van der Waals surface area contributed by atoms with Crippen LogP contribution in [0.4, 0.5) is 0 Å². The fraction of sp³-hybridized carbons (Fsp3) is 0.500. The lowest BCUT2D eigenvalue weighted by molar-refractivity contribution is -0.134. The van der Waals surface area contributed by atoms with Crippen molar-refractivity contribution < 1.29 is 9.90 Å². The first-order valence-electron chi connectivity index (χ1n) is 6.57. The number of phenolic OH excluding ortho intramolecular Hbond substituents is 1. The second-order valence-corrected chi connectivity index (χ2v) is 5.11. The molecular formula is C14H21N3O2. The van der Waals surface area contributed by atoms with Gasteiger partial charge >= 0.3 is 0 Å². The van der Waals surface area contributed by atoms with Gasteiger partial charge in [-0.15, -0.1) is 0 Å². The molecule has 1 saturated heterocycles. The van der Waals surface area contributed by atoms with E-state index >= 15 is 0 Å². The zero-order valence-corrected chi connectivity index (χ0v) is 11.2. The minimum Gasteiger partial charge on any atom is -0.508 e. The maximum Gasteiger partial charge on any atom is 0.239 e. The van der Waals surface area contributed by atoms with Crippen LogP contribution in [0.2, 0.25) is 0 Å². The van der Waals surface area contributed by atoms with Gasteiger partial charge in [0.1, 0.15) is 5.75 Å². The molecular weight excluding hydrogens is 242 g/mol. The highest BCUT2D eigenvalue weighted by atomic mass is 16.3. The van der Waals surface area contributed by atoms with Crippen molar-refractivity contribution in [2.75, 3.05) is 33.2 Å². The molecule has 0 aromatic heterocycles. The van der Waals surface area contributed by atoms with E-state index in [1.165, 1.54) is 0 Å². The first kappa shape index (κ1) is 13.8. The molecule has 1 aromatic carbocycles. The molecule has 0 saturated carbocycles. The van der Waals surface area contributed by atoms with Gasteiger partial charge in [0.15, 0.2) is 0 Å². The van der Waals surface area contributed by atoms with Gasteiger partial charge in [0, 0.05) is 26.2 Å². The number of aromatic hydroxyl groups is 1. The number of piperazine rings is 1. The number of rotatable bonds is 3. The molecule has 0 aliphatic carbocycles. The van der Waals surface area contributed by atoms with E-state index in [4.69, 9.17) is 5.73 Å². The maximum absolute atomic E-state index is 12.2. The van der Waals surface area contributed by atoms with Crippen molar-refractivity contribution in [1.82, 2.24) is 9.80 Å². The third-order valence-electron chi connectivity index (χ3n) is 3.52. The zero-order valence-electron chi connectivity index (χ0n) is 11.2. The predicted octanol–water partition coefficient (Wildman–Crippen LogP) is 0.0360. The summed E-state index contributed by atoms with van der Waals surface area (Å²) in [6.07, 6.45) is 0.505. The quantitative estimate of drug-likeness (QED) is 0.807. The van der Waals surface area contributed by atoms with Gasteiger partial charge in [-0.2, -0.15) is 0 Å². The molecule has 1 heterocycles. The minimum absolute atomic E-state index is 0.0150. The summed E-state index contributed by atoms with van der Waals surface area (Å²) in [6, 6.07) is 6.32. The van der Waals surface area contributed by atoms with Crippen molar-refractivity contribution in [2.24, 2.45) is 5.73 Å². The Morgan fingerprint density at radius 1 is 1.26 bits per heavy atom. The van der Waals surface area contributed by atoms with Crippen LogP contribution in [-0.4, -0.2) is 60.1 Å². The molecule has 5 nitrogen and oxygen atoms in total. The highest BCUT2D eigenvalue weighted by Crippen LogP contribution is 2.12. The molecule has 1 fully saturated rings. The van der Waals surface area contributed by atoms with Crippen LogP contribution in [0.25, 0.3) is 0 Å². The summed E-state index contributed by atoms with van der Waals surface area (Å²) in [7, 11) is 2.05. The standard InChI is InChI=1S/C14H21N3O2/c1-16-6-8-17(9-7-16)14(19)13(15)10-11-2-4-12(18)5-3-11/h2-5,13,18H,6-10,15H2,1H3/t13-/m1/s1. The topological polar surface area (TPSA) is 69.8 Å². The van der Waals surface area contributed by atoms with E-state index in [0.717, 1.165) is 31.7 Å². The smallest absolute Gasteiger partial charge is 0.239 e. The Labute approximate surface area is 113 Å². The van der Waals surface area contributed by atoms with Gasteiger partial charge < -0.3 is 20.6 Å². The first-order chi connectivity index (χ1) is 9.06. The molecule has 19 heavy (non-hydrogen) atoms.